The molecule has 0 aromatic carbocycles. The van der Waals surface area contributed by atoms with Gasteiger partial charge in [-0.2, -0.15) is 0 Å². The van der Waals surface area contributed by atoms with Gasteiger partial charge in [-0.3, -0.25) is 4.57 Å². The van der Waals surface area contributed by atoms with Gasteiger partial charge in [0.05, 0.1) is 0 Å². The van der Waals surface area contributed by atoms with E-state index in [9.17, 15) is 8.42 Å². The molecular weight excluding hydrogens is 244 g/mol. The topological polar surface area (TPSA) is 100 Å². The molecule has 0 saturated heterocycles. The molecule has 0 unspecified atom stereocenters. The lowest BCUT2D eigenvalue weighted by Crippen LogP contribution is -2.19. The molecule has 0 amide bonds. The van der Waals surface area contributed by atoms with Crippen LogP contribution in [-0.4, -0.2) is 29.8 Å². The molecule has 0 spiro atoms. The van der Waals surface area contributed by atoms with Crippen LogP contribution < -0.4 is 5.14 Å². The largest absolute Gasteiger partial charge is 0.373 e. The van der Waals surface area contributed by atoms with E-state index in [1.54, 1.807) is 0 Å². The van der Waals surface area contributed by atoms with Crippen LogP contribution in [0, 0.1) is 0 Å². The Kier molecular flexibility index (Phi) is 5.03. The van der Waals surface area contributed by atoms with Crippen LogP contribution in [0.15, 0.2) is 5.16 Å². The lowest BCUT2D eigenvalue weighted by atomic mass is 10.4. The van der Waals surface area contributed by atoms with Crippen molar-refractivity contribution in [2.24, 2.45) is 5.14 Å². The van der Waals surface area contributed by atoms with Gasteiger partial charge in [0.15, 0.2) is 5.82 Å². The van der Waals surface area contributed by atoms with Gasteiger partial charge in [-0.25, -0.2) is 13.6 Å². The highest BCUT2D eigenvalue weighted by molar-refractivity contribution is 7.89. The number of ether oxygens (including phenoxy) is 1. The quantitative estimate of drug-likeness (QED) is 0.710. The molecule has 1 aromatic rings. The minimum atomic E-state index is -3.83. The van der Waals surface area contributed by atoms with Crippen molar-refractivity contribution in [3.63, 3.8) is 0 Å². The average Bonchev–Trinajstić information content (AvgIpc) is 2.62. The number of rotatable bonds is 7. The summed E-state index contributed by atoms with van der Waals surface area (Å²) >= 11 is 0. The molecule has 0 aliphatic rings. The fourth-order valence-corrected chi connectivity index (χ4v) is 2.05. The molecule has 1 heterocycles. The highest BCUT2D eigenvalue weighted by Gasteiger charge is 2.20. The smallest absolute Gasteiger partial charge is 0.273 e. The molecule has 0 fully saturated rings. The molecule has 7 nitrogen and oxygen atoms in total. The Morgan fingerprint density at radius 3 is 2.53 bits per heavy atom. The van der Waals surface area contributed by atoms with Gasteiger partial charge in [0.1, 0.15) is 6.61 Å². The van der Waals surface area contributed by atoms with Crippen LogP contribution in [-0.2, 0) is 27.9 Å². The molecule has 8 heteroatoms. The van der Waals surface area contributed by atoms with Crippen molar-refractivity contribution in [3.05, 3.63) is 5.82 Å². The van der Waals surface area contributed by atoms with E-state index < -0.39 is 10.0 Å². The van der Waals surface area contributed by atoms with Crippen LogP contribution >= 0.6 is 0 Å². The lowest BCUT2D eigenvalue weighted by Gasteiger charge is -2.07. The summed E-state index contributed by atoms with van der Waals surface area (Å²) in [4.78, 5) is 0. The average molecular weight is 262 g/mol. The minimum absolute atomic E-state index is 0.200. The summed E-state index contributed by atoms with van der Waals surface area (Å²) in [6.07, 6.45) is 1.66. The first kappa shape index (κ1) is 14.1. The molecule has 0 bridgehead atoms. The Labute approximate surface area is 101 Å². The Morgan fingerprint density at radius 2 is 2.00 bits per heavy atom. The van der Waals surface area contributed by atoms with Gasteiger partial charge < -0.3 is 4.74 Å². The first-order chi connectivity index (χ1) is 8.00. The summed E-state index contributed by atoms with van der Waals surface area (Å²) in [5, 5.41) is 12.3. The Balaban J connectivity index is 2.94. The zero-order chi connectivity index (χ0) is 12.9. The van der Waals surface area contributed by atoms with Crippen LogP contribution in [0.2, 0.25) is 0 Å². The number of aromatic nitrogens is 3. The monoisotopic (exact) mass is 262 g/mol. The molecule has 1 aromatic heterocycles. The second-order valence-electron chi connectivity index (χ2n) is 3.65. The summed E-state index contributed by atoms with van der Waals surface area (Å²) in [6.45, 7) is 5.28. The van der Waals surface area contributed by atoms with Crippen LogP contribution in [0.3, 0.4) is 0 Å². The van der Waals surface area contributed by atoms with Gasteiger partial charge in [-0.15, -0.1) is 10.2 Å². The summed E-state index contributed by atoms with van der Waals surface area (Å²) in [5.74, 6) is 0.490. The maximum atomic E-state index is 11.3. The van der Waals surface area contributed by atoms with Gasteiger partial charge in [-0.05, 0) is 12.8 Å². The van der Waals surface area contributed by atoms with Crippen LogP contribution in [0.25, 0.3) is 0 Å². The molecule has 1 rings (SSSR count). The third-order valence-electron chi connectivity index (χ3n) is 2.07. The third kappa shape index (κ3) is 3.76. The van der Waals surface area contributed by atoms with Gasteiger partial charge in [0, 0.05) is 13.2 Å². The number of primary sulfonamides is 1. The number of sulfonamides is 1. The summed E-state index contributed by atoms with van der Waals surface area (Å²) in [6, 6.07) is 0. The summed E-state index contributed by atoms with van der Waals surface area (Å²) in [5.41, 5.74) is 0. The molecule has 0 aliphatic heterocycles. The van der Waals surface area contributed by atoms with Crippen molar-refractivity contribution < 1.29 is 13.2 Å². The predicted octanol–water partition coefficient (Wildman–Crippen LogP) is 0.262. The fourth-order valence-electron chi connectivity index (χ4n) is 1.39. The highest BCUT2D eigenvalue weighted by Crippen LogP contribution is 2.09. The van der Waals surface area contributed by atoms with E-state index in [1.807, 2.05) is 13.8 Å². The Morgan fingerprint density at radius 1 is 1.29 bits per heavy atom. The van der Waals surface area contributed by atoms with Gasteiger partial charge in [0.2, 0.25) is 0 Å². The molecule has 17 heavy (non-hydrogen) atoms. The zero-order valence-electron chi connectivity index (χ0n) is 10.1. The van der Waals surface area contributed by atoms with Crippen molar-refractivity contribution in [3.8, 4) is 0 Å². The molecule has 0 radical (unpaired) electrons. The molecule has 98 valence electrons. The van der Waals surface area contributed by atoms with E-state index in [0.717, 1.165) is 12.8 Å². The second kappa shape index (κ2) is 6.08. The van der Waals surface area contributed by atoms with E-state index in [0.29, 0.717) is 19.0 Å². The van der Waals surface area contributed by atoms with E-state index in [4.69, 9.17) is 9.88 Å². The van der Waals surface area contributed by atoms with Crippen molar-refractivity contribution in [1.82, 2.24) is 14.8 Å². The van der Waals surface area contributed by atoms with E-state index in [-0.39, 0.29) is 11.8 Å². The number of hydrogen-bond acceptors (Lipinski definition) is 5. The van der Waals surface area contributed by atoms with Crippen LogP contribution in [0.5, 0.6) is 0 Å². The number of hydrogen-bond donors (Lipinski definition) is 1. The van der Waals surface area contributed by atoms with Crippen LogP contribution in [0.4, 0.5) is 0 Å². The van der Waals surface area contributed by atoms with Crippen molar-refractivity contribution in [2.45, 2.75) is 45.0 Å². The third-order valence-corrected chi connectivity index (χ3v) is 2.89. The molecule has 0 saturated carbocycles. The van der Waals surface area contributed by atoms with E-state index >= 15 is 0 Å². The van der Waals surface area contributed by atoms with Gasteiger partial charge in [0.25, 0.3) is 15.2 Å². The summed E-state index contributed by atoms with van der Waals surface area (Å²) < 4.78 is 29.4. The maximum absolute atomic E-state index is 11.3. The first-order valence-corrected chi connectivity index (χ1v) is 7.08. The Hall–Kier alpha value is -0.990. The number of nitrogens with two attached hydrogens (primary N) is 1. The normalized spacial score (nSPS) is 11.9. The molecule has 2 N–H and O–H groups in total. The Bertz CT molecular complexity index is 455. The van der Waals surface area contributed by atoms with Crippen molar-refractivity contribution in [1.29, 1.82) is 0 Å². The van der Waals surface area contributed by atoms with Crippen molar-refractivity contribution >= 4 is 10.0 Å². The van der Waals surface area contributed by atoms with Gasteiger partial charge >= 0.3 is 0 Å². The van der Waals surface area contributed by atoms with Crippen LogP contribution in [0.1, 0.15) is 32.5 Å². The highest BCUT2D eigenvalue weighted by atomic mass is 32.2. The van der Waals surface area contributed by atoms with E-state index in [2.05, 4.69) is 10.2 Å². The lowest BCUT2D eigenvalue weighted by molar-refractivity contribution is 0.113. The molecule has 0 aliphatic carbocycles. The SMILES string of the molecule is CCCOCc1nnc(S(N)(=O)=O)n1CCC. The second-order valence-corrected chi connectivity index (χ2v) is 5.10. The minimum Gasteiger partial charge on any atom is -0.373 e. The van der Waals surface area contributed by atoms with E-state index in [1.165, 1.54) is 4.57 Å². The fraction of sp³-hybridized carbons (Fsp3) is 0.778. The summed E-state index contributed by atoms with van der Waals surface area (Å²) in [7, 11) is -3.83. The predicted molar refractivity (Wildman–Crippen MR) is 61.6 cm³/mol. The first-order valence-electron chi connectivity index (χ1n) is 5.53. The standard InChI is InChI=1S/C9H18N4O3S/c1-3-5-13-8(7-16-6-4-2)11-12-9(13)17(10,14)15/h3-7H2,1-2H3,(H2,10,14,15). The van der Waals surface area contributed by atoms with Crippen molar-refractivity contribution in [2.75, 3.05) is 6.61 Å². The molecule has 0 atom stereocenters. The zero-order valence-corrected chi connectivity index (χ0v) is 10.9. The maximum Gasteiger partial charge on any atom is 0.273 e. The number of nitrogens with zero attached hydrogens (tertiary/aromatic N) is 3. The van der Waals surface area contributed by atoms with Gasteiger partial charge in [-0.1, -0.05) is 13.8 Å². The molecular formula is C9H18N4O3S.